The van der Waals surface area contributed by atoms with Gasteiger partial charge in [0.2, 0.25) is 0 Å². The van der Waals surface area contributed by atoms with Crippen molar-refractivity contribution in [2.75, 3.05) is 0 Å². The average molecular weight is 388 g/mol. The predicted octanol–water partition coefficient (Wildman–Crippen LogP) is 5.22. The highest BCUT2D eigenvalue weighted by molar-refractivity contribution is 6.30. The van der Waals surface area contributed by atoms with Gasteiger partial charge in [0.15, 0.2) is 6.10 Å². The average Bonchev–Trinajstić information content (AvgIpc) is 2.58. The number of fused-ring (bicyclic) bond motifs is 1. The summed E-state index contributed by atoms with van der Waals surface area (Å²) < 4.78 is 12.0. The zero-order chi connectivity index (χ0) is 19.6. The lowest BCUT2D eigenvalue weighted by molar-refractivity contribution is -0.129. The van der Waals surface area contributed by atoms with Crippen LogP contribution in [0.1, 0.15) is 50.8 Å². The lowest BCUT2D eigenvalue weighted by Gasteiger charge is -2.38. The van der Waals surface area contributed by atoms with E-state index in [-0.39, 0.29) is 17.6 Å². The van der Waals surface area contributed by atoms with Crippen molar-refractivity contribution in [1.82, 2.24) is 5.32 Å². The minimum Gasteiger partial charge on any atom is -0.487 e. The third kappa shape index (κ3) is 4.75. The van der Waals surface area contributed by atoms with Crippen molar-refractivity contribution in [1.29, 1.82) is 0 Å². The second kappa shape index (κ2) is 7.81. The highest BCUT2D eigenvalue weighted by atomic mass is 35.5. The van der Waals surface area contributed by atoms with E-state index in [1.165, 1.54) is 0 Å². The first-order valence-electron chi connectivity index (χ1n) is 9.29. The molecular weight excluding hydrogens is 362 g/mol. The maximum Gasteiger partial charge on any atom is 0.261 e. The Labute approximate surface area is 165 Å². The second-order valence-electron chi connectivity index (χ2n) is 7.64. The molecular formula is C22H26ClNO3. The smallest absolute Gasteiger partial charge is 0.261 e. The summed E-state index contributed by atoms with van der Waals surface area (Å²) in [6.45, 7) is 8.04. The standard InChI is InChI=1S/C22H26ClNO3/c1-5-19(26-16-8-6-7-15(23)12-16)21(25)24-18-13-22(3,4)27-20-11-14(2)9-10-17(18)20/h6-12,18-19H,5,13H2,1-4H3,(H,24,25)/t18-,19+/m0/s1. The van der Waals surface area contributed by atoms with Gasteiger partial charge in [-0.25, -0.2) is 0 Å². The van der Waals surface area contributed by atoms with Crippen molar-refractivity contribution in [3.05, 3.63) is 58.6 Å². The lowest BCUT2D eigenvalue weighted by Crippen LogP contribution is -2.45. The molecule has 0 spiro atoms. The van der Waals surface area contributed by atoms with E-state index in [1.807, 2.05) is 52.0 Å². The van der Waals surface area contributed by atoms with Gasteiger partial charge in [-0.15, -0.1) is 0 Å². The summed E-state index contributed by atoms with van der Waals surface area (Å²) in [5, 5.41) is 3.74. The molecule has 1 N–H and O–H groups in total. The molecule has 0 bridgehead atoms. The Bertz CT molecular complexity index is 834. The molecule has 1 heterocycles. The Morgan fingerprint density at radius 3 is 2.81 bits per heavy atom. The number of hydrogen-bond donors (Lipinski definition) is 1. The van der Waals surface area contributed by atoms with Crippen LogP contribution in [0.4, 0.5) is 0 Å². The van der Waals surface area contributed by atoms with E-state index in [4.69, 9.17) is 21.1 Å². The monoisotopic (exact) mass is 387 g/mol. The fourth-order valence-electron chi connectivity index (χ4n) is 3.38. The molecule has 0 aliphatic carbocycles. The number of rotatable bonds is 5. The van der Waals surface area contributed by atoms with E-state index in [0.29, 0.717) is 23.6 Å². The summed E-state index contributed by atoms with van der Waals surface area (Å²) in [4.78, 5) is 12.9. The van der Waals surface area contributed by atoms with Crippen LogP contribution in [0, 0.1) is 6.92 Å². The second-order valence-corrected chi connectivity index (χ2v) is 8.08. The third-order valence-electron chi connectivity index (χ3n) is 4.68. The molecule has 4 nitrogen and oxygen atoms in total. The van der Waals surface area contributed by atoms with Crippen LogP contribution >= 0.6 is 11.6 Å². The fraction of sp³-hybridized carbons (Fsp3) is 0.409. The number of halogens is 1. The summed E-state index contributed by atoms with van der Waals surface area (Å²) in [5.41, 5.74) is 1.78. The molecule has 2 atom stereocenters. The molecule has 0 fully saturated rings. The Morgan fingerprint density at radius 1 is 1.33 bits per heavy atom. The van der Waals surface area contributed by atoms with Gasteiger partial charge in [-0.05, 0) is 57.0 Å². The summed E-state index contributed by atoms with van der Waals surface area (Å²) in [5.74, 6) is 1.29. The number of aryl methyl sites for hydroxylation is 1. The number of ether oxygens (including phenoxy) is 2. The molecule has 27 heavy (non-hydrogen) atoms. The van der Waals surface area contributed by atoms with Crippen LogP contribution in [-0.2, 0) is 4.79 Å². The largest absolute Gasteiger partial charge is 0.487 e. The summed E-state index contributed by atoms with van der Waals surface area (Å²) in [6, 6.07) is 13.1. The number of benzene rings is 2. The molecule has 0 saturated heterocycles. The van der Waals surface area contributed by atoms with Gasteiger partial charge in [0.1, 0.15) is 17.1 Å². The minimum absolute atomic E-state index is 0.117. The molecule has 0 unspecified atom stereocenters. The summed E-state index contributed by atoms with van der Waals surface area (Å²) >= 11 is 6.01. The van der Waals surface area contributed by atoms with Crippen molar-refractivity contribution in [2.24, 2.45) is 0 Å². The topological polar surface area (TPSA) is 47.6 Å². The van der Waals surface area contributed by atoms with E-state index in [1.54, 1.807) is 18.2 Å². The van der Waals surface area contributed by atoms with Gasteiger partial charge >= 0.3 is 0 Å². The van der Waals surface area contributed by atoms with Crippen LogP contribution in [-0.4, -0.2) is 17.6 Å². The highest BCUT2D eigenvalue weighted by Crippen LogP contribution is 2.40. The van der Waals surface area contributed by atoms with Gasteiger partial charge in [-0.2, -0.15) is 0 Å². The van der Waals surface area contributed by atoms with E-state index in [9.17, 15) is 4.79 Å². The van der Waals surface area contributed by atoms with Crippen LogP contribution in [0.15, 0.2) is 42.5 Å². The number of nitrogens with one attached hydrogen (secondary N) is 1. The van der Waals surface area contributed by atoms with Crippen molar-refractivity contribution < 1.29 is 14.3 Å². The van der Waals surface area contributed by atoms with Gasteiger partial charge < -0.3 is 14.8 Å². The van der Waals surface area contributed by atoms with Crippen LogP contribution in [0.2, 0.25) is 5.02 Å². The van der Waals surface area contributed by atoms with Crippen LogP contribution < -0.4 is 14.8 Å². The fourth-order valence-corrected chi connectivity index (χ4v) is 3.56. The molecule has 0 saturated carbocycles. The molecule has 0 aromatic heterocycles. The van der Waals surface area contributed by atoms with Gasteiger partial charge in [-0.3, -0.25) is 4.79 Å². The highest BCUT2D eigenvalue weighted by Gasteiger charge is 2.35. The van der Waals surface area contributed by atoms with Gasteiger partial charge in [0.25, 0.3) is 5.91 Å². The van der Waals surface area contributed by atoms with Crippen molar-refractivity contribution in [3.8, 4) is 11.5 Å². The molecule has 3 rings (SSSR count). The van der Waals surface area contributed by atoms with Crippen molar-refractivity contribution in [2.45, 2.75) is 58.3 Å². The Kier molecular flexibility index (Phi) is 5.66. The molecule has 0 radical (unpaired) electrons. The molecule has 5 heteroatoms. The first kappa shape index (κ1) is 19.6. The molecule has 2 aromatic rings. The Hall–Kier alpha value is -2.20. The maximum absolute atomic E-state index is 12.9. The predicted molar refractivity (Wildman–Crippen MR) is 108 cm³/mol. The molecule has 2 aromatic carbocycles. The van der Waals surface area contributed by atoms with Gasteiger partial charge in [0, 0.05) is 17.0 Å². The van der Waals surface area contributed by atoms with E-state index < -0.39 is 6.10 Å². The van der Waals surface area contributed by atoms with Crippen LogP contribution in [0.25, 0.3) is 0 Å². The number of hydrogen-bond acceptors (Lipinski definition) is 3. The number of carbonyl (C=O) groups is 1. The SMILES string of the molecule is CC[C@@H](Oc1cccc(Cl)c1)C(=O)N[C@H]1CC(C)(C)Oc2cc(C)ccc21. The van der Waals surface area contributed by atoms with Gasteiger partial charge in [-0.1, -0.05) is 36.7 Å². The zero-order valence-electron chi connectivity index (χ0n) is 16.2. The van der Waals surface area contributed by atoms with Gasteiger partial charge in [0.05, 0.1) is 6.04 Å². The van der Waals surface area contributed by atoms with E-state index in [0.717, 1.165) is 16.9 Å². The van der Waals surface area contributed by atoms with Crippen molar-refractivity contribution >= 4 is 17.5 Å². The number of carbonyl (C=O) groups excluding carboxylic acids is 1. The van der Waals surface area contributed by atoms with E-state index in [2.05, 4.69) is 5.32 Å². The molecule has 1 aliphatic rings. The number of amides is 1. The van der Waals surface area contributed by atoms with Crippen molar-refractivity contribution in [3.63, 3.8) is 0 Å². The quantitative estimate of drug-likeness (QED) is 0.764. The van der Waals surface area contributed by atoms with Crippen LogP contribution in [0.5, 0.6) is 11.5 Å². The zero-order valence-corrected chi connectivity index (χ0v) is 17.0. The van der Waals surface area contributed by atoms with Crippen LogP contribution in [0.3, 0.4) is 0 Å². The molecule has 1 amide bonds. The maximum atomic E-state index is 12.9. The first-order valence-corrected chi connectivity index (χ1v) is 9.67. The third-order valence-corrected chi connectivity index (χ3v) is 4.92. The summed E-state index contributed by atoms with van der Waals surface area (Å²) in [7, 11) is 0. The molecule has 1 aliphatic heterocycles. The Morgan fingerprint density at radius 2 is 2.11 bits per heavy atom. The normalized spacial score (nSPS) is 18.8. The lowest BCUT2D eigenvalue weighted by atomic mass is 9.89. The summed E-state index contributed by atoms with van der Waals surface area (Å²) in [6.07, 6.45) is 0.678. The van der Waals surface area contributed by atoms with E-state index >= 15 is 0 Å². The minimum atomic E-state index is -0.580. The first-order chi connectivity index (χ1) is 12.8. The molecule has 144 valence electrons. The Balaban J connectivity index is 1.77.